The summed E-state index contributed by atoms with van der Waals surface area (Å²) in [4.78, 5) is 0. The second-order valence-electron chi connectivity index (χ2n) is 4.12. The summed E-state index contributed by atoms with van der Waals surface area (Å²) in [7, 11) is 0. The van der Waals surface area contributed by atoms with E-state index in [0.29, 0.717) is 15.8 Å². The Bertz CT molecular complexity index is 360. The molecule has 0 bridgehead atoms. The van der Waals surface area contributed by atoms with E-state index < -0.39 is 0 Å². The van der Waals surface area contributed by atoms with Gasteiger partial charge in [0.2, 0.25) is 0 Å². The highest BCUT2D eigenvalue weighted by Gasteiger charge is 2.21. The minimum Gasteiger partial charge on any atom is -0.489 e. The molecule has 0 aromatic heterocycles. The van der Waals surface area contributed by atoms with E-state index in [1.54, 1.807) is 18.2 Å². The number of halogens is 2. The summed E-state index contributed by atoms with van der Waals surface area (Å²) < 4.78 is 5.79. The molecule has 2 nitrogen and oxygen atoms in total. The SMILES string of the molecule is OC1CCC(Oc2ccc(Cl)cc2Cl)CC1. The van der Waals surface area contributed by atoms with Gasteiger partial charge in [-0.05, 0) is 43.9 Å². The Morgan fingerprint density at radius 1 is 1.12 bits per heavy atom. The first-order valence-corrected chi connectivity index (χ1v) is 6.20. The maximum atomic E-state index is 9.38. The Hall–Kier alpha value is -0.440. The summed E-state index contributed by atoms with van der Waals surface area (Å²) in [6, 6.07) is 5.23. The molecule has 1 saturated carbocycles. The van der Waals surface area contributed by atoms with Gasteiger partial charge in [-0.2, -0.15) is 0 Å². The zero-order valence-corrected chi connectivity index (χ0v) is 10.3. The molecule has 1 fully saturated rings. The van der Waals surface area contributed by atoms with Crippen LogP contribution in [0.1, 0.15) is 25.7 Å². The molecule has 0 unspecified atom stereocenters. The van der Waals surface area contributed by atoms with Gasteiger partial charge >= 0.3 is 0 Å². The summed E-state index contributed by atoms with van der Waals surface area (Å²) in [6.45, 7) is 0. The third-order valence-electron chi connectivity index (χ3n) is 2.83. The molecule has 0 aliphatic heterocycles. The van der Waals surface area contributed by atoms with E-state index in [1.165, 1.54) is 0 Å². The highest BCUT2D eigenvalue weighted by molar-refractivity contribution is 6.35. The predicted molar refractivity (Wildman–Crippen MR) is 65.4 cm³/mol. The van der Waals surface area contributed by atoms with Crippen molar-refractivity contribution >= 4 is 23.2 Å². The molecule has 0 radical (unpaired) electrons. The molecule has 88 valence electrons. The summed E-state index contributed by atoms with van der Waals surface area (Å²) in [5.74, 6) is 0.674. The normalized spacial score (nSPS) is 25.4. The largest absolute Gasteiger partial charge is 0.489 e. The van der Waals surface area contributed by atoms with Crippen LogP contribution in [0.4, 0.5) is 0 Å². The molecular formula is C12H14Cl2O2. The van der Waals surface area contributed by atoms with Crippen molar-refractivity contribution in [2.75, 3.05) is 0 Å². The number of aliphatic hydroxyl groups excluding tert-OH is 1. The Balaban J connectivity index is 1.98. The number of aliphatic hydroxyl groups is 1. The number of hydrogen-bond acceptors (Lipinski definition) is 2. The highest BCUT2D eigenvalue weighted by atomic mass is 35.5. The lowest BCUT2D eigenvalue weighted by Crippen LogP contribution is -2.26. The molecule has 0 heterocycles. The van der Waals surface area contributed by atoms with Crippen LogP contribution in [0.25, 0.3) is 0 Å². The van der Waals surface area contributed by atoms with Crippen LogP contribution in [0.5, 0.6) is 5.75 Å². The van der Waals surface area contributed by atoms with E-state index in [2.05, 4.69) is 0 Å². The molecule has 0 saturated heterocycles. The average Bonchev–Trinajstić information content (AvgIpc) is 2.25. The molecule has 1 aromatic rings. The molecule has 1 aromatic carbocycles. The summed E-state index contributed by atoms with van der Waals surface area (Å²) >= 11 is 11.8. The van der Waals surface area contributed by atoms with Crippen molar-refractivity contribution in [1.29, 1.82) is 0 Å². The number of ether oxygens (including phenoxy) is 1. The van der Waals surface area contributed by atoms with E-state index in [0.717, 1.165) is 25.7 Å². The van der Waals surface area contributed by atoms with Crippen molar-refractivity contribution in [3.8, 4) is 5.75 Å². The van der Waals surface area contributed by atoms with Crippen LogP contribution in [0.15, 0.2) is 18.2 Å². The van der Waals surface area contributed by atoms with Crippen molar-refractivity contribution in [2.45, 2.75) is 37.9 Å². The Morgan fingerprint density at radius 3 is 2.44 bits per heavy atom. The molecule has 2 rings (SSSR count). The smallest absolute Gasteiger partial charge is 0.138 e. The van der Waals surface area contributed by atoms with Crippen molar-refractivity contribution in [3.05, 3.63) is 28.2 Å². The van der Waals surface area contributed by atoms with E-state index in [9.17, 15) is 5.11 Å². The maximum absolute atomic E-state index is 9.38. The Labute approximate surface area is 105 Å². The molecule has 4 heteroatoms. The molecule has 1 aliphatic carbocycles. The summed E-state index contributed by atoms with van der Waals surface area (Å²) in [5, 5.41) is 10.5. The molecule has 0 amide bonds. The topological polar surface area (TPSA) is 29.5 Å². The number of benzene rings is 1. The number of hydrogen-bond donors (Lipinski definition) is 1. The van der Waals surface area contributed by atoms with E-state index in [4.69, 9.17) is 27.9 Å². The fourth-order valence-corrected chi connectivity index (χ4v) is 2.37. The monoisotopic (exact) mass is 260 g/mol. The van der Waals surface area contributed by atoms with Crippen LogP contribution in [0.2, 0.25) is 10.0 Å². The first-order chi connectivity index (χ1) is 7.65. The number of rotatable bonds is 2. The van der Waals surface area contributed by atoms with Crippen molar-refractivity contribution in [2.24, 2.45) is 0 Å². The fraction of sp³-hybridized carbons (Fsp3) is 0.500. The Morgan fingerprint density at radius 2 is 1.81 bits per heavy atom. The Kier molecular flexibility index (Phi) is 3.95. The van der Waals surface area contributed by atoms with Crippen LogP contribution in [0, 0.1) is 0 Å². The standard InChI is InChI=1S/C12H14Cl2O2/c13-8-1-6-12(11(14)7-8)16-10-4-2-9(15)3-5-10/h1,6-7,9-10,15H,2-5H2. The van der Waals surface area contributed by atoms with Crippen LogP contribution >= 0.6 is 23.2 Å². The lowest BCUT2D eigenvalue weighted by Gasteiger charge is -2.26. The molecular weight excluding hydrogens is 247 g/mol. The quantitative estimate of drug-likeness (QED) is 0.880. The van der Waals surface area contributed by atoms with Crippen LogP contribution < -0.4 is 4.74 Å². The van der Waals surface area contributed by atoms with Crippen molar-refractivity contribution in [3.63, 3.8) is 0 Å². The second-order valence-corrected chi connectivity index (χ2v) is 4.97. The van der Waals surface area contributed by atoms with Gasteiger partial charge in [-0.15, -0.1) is 0 Å². The predicted octanol–water partition coefficient (Wildman–Crippen LogP) is 3.68. The molecule has 0 atom stereocenters. The van der Waals surface area contributed by atoms with Gasteiger partial charge in [-0.3, -0.25) is 0 Å². The molecule has 1 N–H and O–H groups in total. The van der Waals surface area contributed by atoms with Gasteiger partial charge in [0, 0.05) is 5.02 Å². The summed E-state index contributed by atoms with van der Waals surface area (Å²) in [6.07, 6.45) is 3.34. The van der Waals surface area contributed by atoms with Gasteiger partial charge in [0.05, 0.1) is 17.2 Å². The van der Waals surface area contributed by atoms with Crippen LogP contribution in [-0.2, 0) is 0 Å². The third-order valence-corrected chi connectivity index (χ3v) is 3.36. The minimum absolute atomic E-state index is 0.155. The zero-order valence-electron chi connectivity index (χ0n) is 8.83. The minimum atomic E-state index is -0.166. The van der Waals surface area contributed by atoms with E-state index in [-0.39, 0.29) is 12.2 Å². The van der Waals surface area contributed by atoms with Gasteiger partial charge in [0.1, 0.15) is 5.75 Å². The summed E-state index contributed by atoms with van der Waals surface area (Å²) in [5.41, 5.74) is 0. The van der Waals surface area contributed by atoms with Gasteiger partial charge in [0.25, 0.3) is 0 Å². The zero-order chi connectivity index (χ0) is 11.5. The maximum Gasteiger partial charge on any atom is 0.138 e. The average molecular weight is 261 g/mol. The second kappa shape index (κ2) is 5.26. The first kappa shape index (κ1) is 12.0. The van der Waals surface area contributed by atoms with Gasteiger partial charge in [-0.1, -0.05) is 23.2 Å². The van der Waals surface area contributed by atoms with E-state index in [1.807, 2.05) is 0 Å². The van der Waals surface area contributed by atoms with Gasteiger partial charge in [0.15, 0.2) is 0 Å². The first-order valence-electron chi connectivity index (χ1n) is 5.45. The molecule has 1 aliphatic rings. The van der Waals surface area contributed by atoms with Gasteiger partial charge < -0.3 is 9.84 Å². The van der Waals surface area contributed by atoms with Crippen molar-refractivity contribution in [1.82, 2.24) is 0 Å². The lowest BCUT2D eigenvalue weighted by molar-refractivity contribution is 0.0666. The third kappa shape index (κ3) is 3.03. The molecule has 0 spiro atoms. The van der Waals surface area contributed by atoms with Crippen LogP contribution in [-0.4, -0.2) is 17.3 Å². The molecule has 16 heavy (non-hydrogen) atoms. The highest BCUT2D eigenvalue weighted by Crippen LogP contribution is 2.31. The fourth-order valence-electron chi connectivity index (χ4n) is 1.91. The lowest BCUT2D eigenvalue weighted by atomic mass is 9.95. The van der Waals surface area contributed by atoms with Gasteiger partial charge in [-0.25, -0.2) is 0 Å². The van der Waals surface area contributed by atoms with Crippen molar-refractivity contribution < 1.29 is 9.84 Å². The van der Waals surface area contributed by atoms with Crippen LogP contribution in [0.3, 0.4) is 0 Å². The van der Waals surface area contributed by atoms with E-state index >= 15 is 0 Å².